The van der Waals surface area contributed by atoms with Crippen LogP contribution >= 0.6 is 23.2 Å². The molecule has 0 saturated heterocycles. The molecule has 0 aliphatic heterocycles. The SMILES string of the molecule is O=C(O)c1cccc2c1-c1ccccc1[C@@H](Cl)[C@@H]2Cl. The van der Waals surface area contributed by atoms with Gasteiger partial charge >= 0.3 is 5.97 Å². The second-order valence-corrected chi connectivity index (χ2v) is 5.41. The minimum Gasteiger partial charge on any atom is -0.478 e. The Hall–Kier alpha value is -1.51. The summed E-state index contributed by atoms with van der Waals surface area (Å²) in [5.74, 6) is -0.955. The summed E-state index contributed by atoms with van der Waals surface area (Å²) >= 11 is 12.8. The largest absolute Gasteiger partial charge is 0.478 e. The first-order valence-corrected chi connectivity index (χ1v) is 6.72. The summed E-state index contributed by atoms with van der Waals surface area (Å²) < 4.78 is 0. The highest BCUT2D eigenvalue weighted by atomic mass is 35.5. The smallest absolute Gasteiger partial charge is 0.336 e. The molecule has 0 aromatic heterocycles. The third-order valence-corrected chi connectivity index (χ3v) is 4.51. The van der Waals surface area contributed by atoms with Crippen LogP contribution in [0, 0.1) is 0 Å². The first-order valence-electron chi connectivity index (χ1n) is 5.85. The second-order valence-electron chi connectivity index (χ2n) is 4.47. The van der Waals surface area contributed by atoms with Crippen LogP contribution in [0.15, 0.2) is 42.5 Å². The average molecular weight is 293 g/mol. The lowest BCUT2D eigenvalue weighted by Gasteiger charge is -2.29. The Labute approximate surface area is 120 Å². The summed E-state index contributed by atoms with van der Waals surface area (Å²) in [6.45, 7) is 0. The highest BCUT2D eigenvalue weighted by Gasteiger charge is 2.33. The first kappa shape index (κ1) is 12.5. The zero-order chi connectivity index (χ0) is 13.6. The van der Waals surface area contributed by atoms with E-state index < -0.39 is 11.3 Å². The highest BCUT2D eigenvalue weighted by molar-refractivity contribution is 6.31. The first-order chi connectivity index (χ1) is 9.11. The van der Waals surface area contributed by atoms with Gasteiger partial charge in [0.2, 0.25) is 0 Å². The Morgan fingerprint density at radius 2 is 1.58 bits per heavy atom. The van der Waals surface area contributed by atoms with Crippen molar-refractivity contribution < 1.29 is 9.90 Å². The molecule has 4 heteroatoms. The molecule has 1 aliphatic carbocycles. The molecule has 0 heterocycles. The normalized spacial score (nSPS) is 20.5. The van der Waals surface area contributed by atoms with Crippen molar-refractivity contribution in [1.29, 1.82) is 0 Å². The van der Waals surface area contributed by atoms with Crippen LogP contribution in [0.5, 0.6) is 0 Å². The Balaban J connectivity index is 2.38. The molecule has 0 saturated carbocycles. The Kier molecular flexibility index (Phi) is 3.00. The predicted octanol–water partition coefficient (Wildman–Crippen LogP) is 4.63. The van der Waals surface area contributed by atoms with Crippen molar-refractivity contribution in [2.75, 3.05) is 0 Å². The maximum Gasteiger partial charge on any atom is 0.336 e. The minimum absolute atomic E-state index is 0.263. The van der Waals surface area contributed by atoms with Crippen LogP contribution in [0.25, 0.3) is 11.1 Å². The molecule has 3 rings (SSSR count). The van der Waals surface area contributed by atoms with Gasteiger partial charge in [-0.2, -0.15) is 0 Å². The molecule has 2 nitrogen and oxygen atoms in total. The fraction of sp³-hybridized carbons (Fsp3) is 0.133. The molecule has 2 aromatic carbocycles. The van der Waals surface area contributed by atoms with Crippen molar-refractivity contribution in [2.24, 2.45) is 0 Å². The van der Waals surface area contributed by atoms with Gasteiger partial charge in [-0.05, 0) is 22.8 Å². The Morgan fingerprint density at radius 1 is 0.947 bits per heavy atom. The monoisotopic (exact) mass is 292 g/mol. The number of rotatable bonds is 1. The molecule has 1 N–H and O–H groups in total. The number of hydrogen-bond donors (Lipinski definition) is 1. The van der Waals surface area contributed by atoms with E-state index in [9.17, 15) is 9.90 Å². The molecule has 0 spiro atoms. The van der Waals surface area contributed by atoms with Gasteiger partial charge in [0.15, 0.2) is 0 Å². The lowest BCUT2D eigenvalue weighted by Crippen LogP contribution is -2.13. The van der Waals surface area contributed by atoms with Crippen LogP contribution in [0.2, 0.25) is 0 Å². The Morgan fingerprint density at radius 3 is 2.32 bits per heavy atom. The number of carbonyl (C=O) groups is 1. The highest BCUT2D eigenvalue weighted by Crippen LogP contribution is 2.51. The summed E-state index contributed by atoms with van der Waals surface area (Å²) in [6, 6.07) is 12.7. The minimum atomic E-state index is -0.955. The molecule has 0 fully saturated rings. The number of hydrogen-bond acceptors (Lipinski definition) is 1. The molecule has 0 bridgehead atoms. The van der Waals surface area contributed by atoms with Crippen molar-refractivity contribution in [3.8, 4) is 11.1 Å². The van der Waals surface area contributed by atoms with Crippen molar-refractivity contribution in [3.63, 3.8) is 0 Å². The summed E-state index contributed by atoms with van der Waals surface area (Å²) in [4.78, 5) is 11.4. The average Bonchev–Trinajstić information content (AvgIpc) is 2.44. The fourth-order valence-electron chi connectivity index (χ4n) is 2.56. The maximum atomic E-state index is 11.4. The molecular weight excluding hydrogens is 283 g/mol. The van der Waals surface area contributed by atoms with Crippen LogP contribution in [0.4, 0.5) is 0 Å². The number of benzene rings is 2. The number of aromatic carboxylic acids is 1. The fourth-order valence-corrected chi connectivity index (χ4v) is 3.20. The zero-order valence-corrected chi connectivity index (χ0v) is 11.3. The van der Waals surface area contributed by atoms with Gasteiger partial charge in [-0.15, -0.1) is 23.2 Å². The van der Waals surface area contributed by atoms with E-state index >= 15 is 0 Å². The lowest BCUT2D eigenvalue weighted by atomic mass is 9.82. The molecule has 2 aromatic rings. The summed E-state index contributed by atoms with van der Waals surface area (Å²) in [6.07, 6.45) is 0. The van der Waals surface area contributed by atoms with E-state index in [4.69, 9.17) is 23.2 Å². The number of fused-ring (bicyclic) bond motifs is 3. The van der Waals surface area contributed by atoms with E-state index in [2.05, 4.69) is 0 Å². The molecule has 0 radical (unpaired) electrons. The number of carboxylic acids is 1. The molecule has 96 valence electrons. The maximum absolute atomic E-state index is 11.4. The predicted molar refractivity (Wildman–Crippen MR) is 76.0 cm³/mol. The quantitative estimate of drug-likeness (QED) is 0.779. The van der Waals surface area contributed by atoms with Crippen molar-refractivity contribution in [3.05, 3.63) is 59.2 Å². The van der Waals surface area contributed by atoms with E-state index in [1.165, 1.54) is 0 Å². The van der Waals surface area contributed by atoms with E-state index in [1.807, 2.05) is 30.3 Å². The van der Waals surface area contributed by atoms with Crippen LogP contribution in [0.1, 0.15) is 32.2 Å². The van der Waals surface area contributed by atoms with Gasteiger partial charge in [-0.3, -0.25) is 0 Å². The van der Waals surface area contributed by atoms with Gasteiger partial charge in [-0.25, -0.2) is 4.79 Å². The third-order valence-electron chi connectivity index (χ3n) is 3.41. The van der Waals surface area contributed by atoms with E-state index in [-0.39, 0.29) is 10.9 Å². The lowest BCUT2D eigenvalue weighted by molar-refractivity contribution is 0.0697. The number of carboxylic acid groups (broad SMARTS) is 1. The zero-order valence-electron chi connectivity index (χ0n) is 9.81. The van der Waals surface area contributed by atoms with Crippen LogP contribution in [-0.4, -0.2) is 11.1 Å². The van der Waals surface area contributed by atoms with E-state index in [0.717, 1.165) is 16.7 Å². The van der Waals surface area contributed by atoms with Crippen molar-refractivity contribution in [2.45, 2.75) is 10.8 Å². The number of alkyl halides is 2. The standard InChI is InChI=1S/C15H10Cl2O2/c16-13-9-5-2-1-4-8(9)12-10(14(13)17)6-3-7-11(12)15(18)19/h1-7,13-14H,(H,18,19)/t13-,14-/m1/s1. The molecule has 19 heavy (non-hydrogen) atoms. The number of halogens is 2. The molecular formula is C15H10Cl2O2. The third kappa shape index (κ3) is 1.83. The van der Waals surface area contributed by atoms with Crippen LogP contribution < -0.4 is 0 Å². The molecule has 0 amide bonds. The van der Waals surface area contributed by atoms with Crippen LogP contribution in [-0.2, 0) is 0 Å². The molecule has 0 unspecified atom stereocenters. The van der Waals surface area contributed by atoms with Gasteiger partial charge in [0.25, 0.3) is 0 Å². The topological polar surface area (TPSA) is 37.3 Å². The van der Waals surface area contributed by atoms with Crippen molar-refractivity contribution >= 4 is 29.2 Å². The van der Waals surface area contributed by atoms with Gasteiger partial charge in [0.1, 0.15) is 0 Å². The molecule has 2 atom stereocenters. The van der Waals surface area contributed by atoms with Crippen LogP contribution in [0.3, 0.4) is 0 Å². The summed E-state index contributed by atoms with van der Waals surface area (Å²) in [5.41, 5.74) is 3.46. The van der Waals surface area contributed by atoms with Gasteiger partial charge in [0, 0.05) is 5.56 Å². The summed E-state index contributed by atoms with van der Waals surface area (Å²) in [7, 11) is 0. The molecule has 1 aliphatic rings. The van der Waals surface area contributed by atoms with E-state index in [1.54, 1.807) is 12.1 Å². The van der Waals surface area contributed by atoms with Crippen molar-refractivity contribution in [1.82, 2.24) is 0 Å². The van der Waals surface area contributed by atoms with Gasteiger partial charge < -0.3 is 5.11 Å². The second kappa shape index (κ2) is 4.55. The summed E-state index contributed by atoms with van der Waals surface area (Å²) in [5, 5.41) is 8.56. The Bertz CT molecular complexity index is 667. The van der Waals surface area contributed by atoms with E-state index in [0.29, 0.717) is 5.56 Å². The van der Waals surface area contributed by atoms with Gasteiger partial charge in [0.05, 0.1) is 16.3 Å². The van der Waals surface area contributed by atoms with Gasteiger partial charge in [-0.1, -0.05) is 36.4 Å².